The highest BCUT2D eigenvalue weighted by atomic mass is 16.5. The Morgan fingerprint density at radius 2 is 2.00 bits per heavy atom. The molecule has 1 N–H and O–H groups in total. The molecule has 0 saturated heterocycles. The Hall–Kier alpha value is -3.19. The van der Waals surface area contributed by atoms with Gasteiger partial charge in [0.15, 0.2) is 0 Å². The van der Waals surface area contributed by atoms with Crippen LogP contribution in [0.5, 0.6) is 5.75 Å². The zero-order valence-electron chi connectivity index (χ0n) is 16.2. The molecule has 0 radical (unpaired) electrons. The molecule has 0 bridgehead atoms. The predicted molar refractivity (Wildman–Crippen MR) is 107 cm³/mol. The number of ether oxygens (including phenoxy) is 2. The summed E-state index contributed by atoms with van der Waals surface area (Å²) in [5, 5.41) is 3.29. The van der Waals surface area contributed by atoms with Gasteiger partial charge in [0.25, 0.3) is 11.5 Å². The van der Waals surface area contributed by atoms with Gasteiger partial charge in [0, 0.05) is 32.0 Å². The third kappa shape index (κ3) is 4.04. The molecule has 2 heterocycles. The Labute approximate surface area is 162 Å². The lowest BCUT2D eigenvalue weighted by Crippen LogP contribution is -2.26. The number of aryl methyl sites for hydroxylation is 1. The summed E-state index contributed by atoms with van der Waals surface area (Å²) in [6.45, 7) is 2.94. The van der Waals surface area contributed by atoms with E-state index >= 15 is 0 Å². The molecule has 7 nitrogen and oxygen atoms in total. The van der Waals surface area contributed by atoms with Crippen molar-refractivity contribution in [2.24, 2.45) is 0 Å². The lowest BCUT2D eigenvalue weighted by Gasteiger charge is -2.12. The number of carbonyl (C=O) groups is 1. The summed E-state index contributed by atoms with van der Waals surface area (Å²) in [5.41, 5.74) is 2.19. The summed E-state index contributed by atoms with van der Waals surface area (Å²) >= 11 is 0. The van der Waals surface area contributed by atoms with Gasteiger partial charge in [0.05, 0.1) is 35.9 Å². The van der Waals surface area contributed by atoms with Crippen LogP contribution >= 0.6 is 0 Å². The molecule has 0 aliphatic carbocycles. The lowest BCUT2D eigenvalue weighted by atomic mass is 10.1. The van der Waals surface area contributed by atoms with Crippen LogP contribution in [0.4, 0.5) is 0 Å². The van der Waals surface area contributed by atoms with Crippen molar-refractivity contribution in [3.63, 3.8) is 0 Å². The van der Waals surface area contributed by atoms with Gasteiger partial charge >= 0.3 is 0 Å². The van der Waals surface area contributed by atoms with Gasteiger partial charge in [-0.25, -0.2) is 0 Å². The molecular formula is C21H23N3O4. The Morgan fingerprint density at radius 1 is 1.21 bits per heavy atom. The SMILES string of the molecule is COCCn1ccc2nc(C)c(C(=O)NCc3ccccc3OC)cc2c1=O. The van der Waals surface area contributed by atoms with Crippen LogP contribution < -0.4 is 15.6 Å². The summed E-state index contributed by atoms with van der Waals surface area (Å²) in [4.78, 5) is 29.9. The van der Waals surface area contributed by atoms with E-state index < -0.39 is 0 Å². The highest BCUT2D eigenvalue weighted by Gasteiger charge is 2.14. The van der Waals surface area contributed by atoms with Crippen molar-refractivity contribution < 1.29 is 14.3 Å². The molecule has 28 heavy (non-hydrogen) atoms. The van der Waals surface area contributed by atoms with Crippen molar-refractivity contribution in [2.75, 3.05) is 20.8 Å². The highest BCUT2D eigenvalue weighted by Crippen LogP contribution is 2.18. The number of carbonyl (C=O) groups excluding carboxylic acids is 1. The summed E-state index contributed by atoms with van der Waals surface area (Å²) in [6, 6.07) is 10.9. The van der Waals surface area contributed by atoms with Gasteiger partial charge in [-0.15, -0.1) is 0 Å². The fraction of sp³-hybridized carbons (Fsp3) is 0.286. The molecule has 0 saturated carbocycles. The minimum atomic E-state index is -0.287. The van der Waals surface area contributed by atoms with Crippen molar-refractivity contribution in [2.45, 2.75) is 20.0 Å². The summed E-state index contributed by atoms with van der Waals surface area (Å²) in [7, 11) is 3.17. The van der Waals surface area contributed by atoms with E-state index in [1.165, 1.54) is 0 Å². The molecular weight excluding hydrogens is 358 g/mol. The Bertz CT molecular complexity index is 1060. The molecule has 1 aromatic carbocycles. The van der Waals surface area contributed by atoms with Crippen molar-refractivity contribution in [3.8, 4) is 5.75 Å². The summed E-state index contributed by atoms with van der Waals surface area (Å²) in [5.74, 6) is 0.418. The molecule has 0 aliphatic rings. The molecule has 0 atom stereocenters. The molecule has 0 unspecified atom stereocenters. The van der Waals surface area contributed by atoms with E-state index in [1.54, 1.807) is 44.0 Å². The van der Waals surface area contributed by atoms with Gasteiger partial charge in [0.2, 0.25) is 0 Å². The van der Waals surface area contributed by atoms with E-state index in [1.807, 2.05) is 24.3 Å². The minimum absolute atomic E-state index is 0.194. The first-order valence-electron chi connectivity index (χ1n) is 8.95. The number of aromatic nitrogens is 2. The summed E-state index contributed by atoms with van der Waals surface area (Å²) < 4.78 is 11.9. The number of para-hydroxylation sites is 1. The number of hydrogen-bond donors (Lipinski definition) is 1. The van der Waals surface area contributed by atoms with Gasteiger partial charge in [-0.2, -0.15) is 0 Å². The largest absolute Gasteiger partial charge is 0.496 e. The fourth-order valence-electron chi connectivity index (χ4n) is 3.02. The Kier molecular flexibility index (Phi) is 6.06. The van der Waals surface area contributed by atoms with Gasteiger partial charge in [-0.05, 0) is 25.1 Å². The number of hydrogen-bond acceptors (Lipinski definition) is 5. The maximum atomic E-state index is 12.7. The second-order valence-electron chi connectivity index (χ2n) is 6.36. The number of nitrogens with zero attached hydrogens (tertiary/aromatic N) is 2. The molecule has 3 aromatic rings. The predicted octanol–water partition coefficient (Wildman–Crippen LogP) is 2.29. The molecule has 2 aromatic heterocycles. The van der Waals surface area contributed by atoms with E-state index in [9.17, 15) is 9.59 Å². The minimum Gasteiger partial charge on any atom is -0.496 e. The number of rotatable bonds is 7. The van der Waals surface area contributed by atoms with Crippen LogP contribution in [0.25, 0.3) is 10.9 Å². The maximum Gasteiger partial charge on any atom is 0.260 e. The van der Waals surface area contributed by atoms with Crippen molar-refractivity contribution in [1.82, 2.24) is 14.9 Å². The number of pyridine rings is 2. The Morgan fingerprint density at radius 3 is 2.75 bits per heavy atom. The monoisotopic (exact) mass is 381 g/mol. The van der Waals surface area contributed by atoms with Crippen LogP contribution in [0, 0.1) is 6.92 Å². The van der Waals surface area contributed by atoms with Crippen LogP contribution in [0.3, 0.4) is 0 Å². The quantitative estimate of drug-likeness (QED) is 0.679. The number of benzene rings is 1. The first kappa shape index (κ1) is 19.6. The molecule has 0 fully saturated rings. The average Bonchev–Trinajstić information content (AvgIpc) is 2.71. The van der Waals surface area contributed by atoms with E-state index in [2.05, 4.69) is 10.3 Å². The van der Waals surface area contributed by atoms with Crippen LogP contribution in [0.2, 0.25) is 0 Å². The molecule has 7 heteroatoms. The van der Waals surface area contributed by atoms with Gasteiger partial charge in [-0.3, -0.25) is 14.6 Å². The number of fused-ring (bicyclic) bond motifs is 1. The standard InChI is InChI=1S/C21H23N3O4/c1-14-16(20(25)22-13-15-6-4-5-7-19(15)28-3)12-17-18(23-14)8-9-24(21(17)26)10-11-27-2/h4-9,12H,10-11,13H2,1-3H3,(H,22,25). The van der Waals surface area contributed by atoms with Crippen molar-refractivity contribution in [3.05, 3.63) is 69.8 Å². The van der Waals surface area contributed by atoms with Crippen molar-refractivity contribution >= 4 is 16.8 Å². The molecule has 3 rings (SSSR count). The lowest BCUT2D eigenvalue weighted by molar-refractivity contribution is 0.0950. The van der Waals surface area contributed by atoms with E-state index in [-0.39, 0.29) is 11.5 Å². The topological polar surface area (TPSA) is 82.5 Å². The van der Waals surface area contributed by atoms with Crippen molar-refractivity contribution in [1.29, 1.82) is 0 Å². The Balaban J connectivity index is 1.89. The number of amides is 1. The van der Waals surface area contributed by atoms with Crippen LogP contribution in [-0.4, -0.2) is 36.3 Å². The molecule has 0 aliphatic heterocycles. The fourth-order valence-corrected chi connectivity index (χ4v) is 3.02. The normalized spacial score (nSPS) is 10.8. The van der Waals surface area contributed by atoms with Crippen LogP contribution in [0.1, 0.15) is 21.6 Å². The van der Waals surface area contributed by atoms with E-state index in [4.69, 9.17) is 9.47 Å². The second kappa shape index (κ2) is 8.67. The number of methoxy groups -OCH3 is 2. The molecule has 0 spiro atoms. The summed E-state index contributed by atoms with van der Waals surface area (Å²) in [6.07, 6.45) is 1.69. The first-order chi connectivity index (χ1) is 13.5. The molecule has 1 amide bonds. The average molecular weight is 381 g/mol. The zero-order chi connectivity index (χ0) is 20.1. The third-order valence-corrected chi connectivity index (χ3v) is 4.56. The van der Waals surface area contributed by atoms with Gasteiger partial charge in [0.1, 0.15) is 5.75 Å². The smallest absolute Gasteiger partial charge is 0.260 e. The van der Waals surface area contributed by atoms with Crippen LogP contribution in [-0.2, 0) is 17.8 Å². The molecule has 146 valence electrons. The maximum absolute atomic E-state index is 12.7. The third-order valence-electron chi connectivity index (χ3n) is 4.56. The van der Waals surface area contributed by atoms with Gasteiger partial charge < -0.3 is 19.4 Å². The highest BCUT2D eigenvalue weighted by molar-refractivity contribution is 5.98. The number of nitrogens with one attached hydrogen (secondary N) is 1. The zero-order valence-corrected chi connectivity index (χ0v) is 16.2. The van der Waals surface area contributed by atoms with E-state index in [0.29, 0.717) is 47.6 Å². The van der Waals surface area contributed by atoms with Crippen LogP contribution in [0.15, 0.2) is 47.4 Å². The van der Waals surface area contributed by atoms with Gasteiger partial charge in [-0.1, -0.05) is 18.2 Å². The first-order valence-corrected chi connectivity index (χ1v) is 8.95. The second-order valence-corrected chi connectivity index (χ2v) is 6.36. The van der Waals surface area contributed by atoms with E-state index in [0.717, 1.165) is 5.56 Å².